The first-order chi connectivity index (χ1) is 7.13. The van der Waals surface area contributed by atoms with Crippen LogP contribution in [0.4, 0.5) is 0 Å². The molecule has 1 atom stereocenters. The first-order valence-electron chi connectivity index (χ1n) is 4.86. The Labute approximate surface area is 89.1 Å². The summed E-state index contributed by atoms with van der Waals surface area (Å²) in [5.74, 6) is -0.424. The molecule has 0 fully saturated rings. The molecule has 0 spiro atoms. The Morgan fingerprint density at radius 2 is 2.33 bits per heavy atom. The third-order valence-electron chi connectivity index (χ3n) is 2.14. The quantitative estimate of drug-likeness (QED) is 0.649. The van der Waals surface area contributed by atoms with Crippen molar-refractivity contribution < 1.29 is 9.90 Å². The van der Waals surface area contributed by atoms with Gasteiger partial charge in [0, 0.05) is 18.2 Å². The number of nitrogens with two attached hydrogens (primary N) is 1. The van der Waals surface area contributed by atoms with Crippen LogP contribution in [-0.2, 0) is 6.54 Å². The van der Waals surface area contributed by atoms with E-state index in [-0.39, 0.29) is 12.6 Å². The van der Waals surface area contributed by atoms with E-state index in [4.69, 9.17) is 10.8 Å². The molecule has 0 aromatic heterocycles. The largest absolute Gasteiger partial charge is 0.395 e. The van der Waals surface area contributed by atoms with E-state index < -0.39 is 5.91 Å². The summed E-state index contributed by atoms with van der Waals surface area (Å²) in [7, 11) is 0. The Balaban J connectivity index is 2.62. The second-order valence-corrected chi connectivity index (χ2v) is 3.53. The number of primary amides is 1. The Morgan fingerprint density at radius 3 is 2.93 bits per heavy atom. The van der Waals surface area contributed by atoms with Crippen molar-refractivity contribution >= 4 is 5.91 Å². The lowest BCUT2D eigenvalue weighted by molar-refractivity contribution is 0.1000. The van der Waals surface area contributed by atoms with Crippen molar-refractivity contribution in [1.29, 1.82) is 0 Å². The maximum absolute atomic E-state index is 10.9. The van der Waals surface area contributed by atoms with E-state index >= 15 is 0 Å². The van der Waals surface area contributed by atoms with E-state index in [9.17, 15) is 4.79 Å². The van der Waals surface area contributed by atoms with Gasteiger partial charge in [-0.1, -0.05) is 12.1 Å². The van der Waals surface area contributed by atoms with E-state index in [1.807, 2.05) is 13.0 Å². The van der Waals surface area contributed by atoms with Crippen molar-refractivity contribution in [3.63, 3.8) is 0 Å². The summed E-state index contributed by atoms with van der Waals surface area (Å²) in [4.78, 5) is 10.9. The first-order valence-corrected chi connectivity index (χ1v) is 4.86. The van der Waals surface area contributed by atoms with Crippen molar-refractivity contribution in [1.82, 2.24) is 5.32 Å². The fourth-order valence-electron chi connectivity index (χ4n) is 1.19. The molecule has 1 amide bonds. The Hall–Kier alpha value is -1.39. The van der Waals surface area contributed by atoms with E-state index in [1.54, 1.807) is 18.2 Å². The van der Waals surface area contributed by atoms with Crippen LogP contribution in [-0.4, -0.2) is 23.7 Å². The number of amides is 1. The predicted octanol–water partition coefficient (Wildman–Crippen LogP) is 0.256. The van der Waals surface area contributed by atoms with E-state index in [1.165, 1.54) is 0 Å². The number of aliphatic hydroxyl groups is 1. The average molecular weight is 208 g/mol. The molecule has 1 unspecified atom stereocenters. The molecule has 0 saturated heterocycles. The van der Waals surface area contributed by atoms with Gasteiger partial charge in [-0.15, -0.1) is 0 Å². The molecule has 0 aliphatic rings. The van der Waals surface area contributed by atoms with Crippen LogP contribution in [0, 0.1) is 0 Å². The van der Waals surface area contributed by atoms with Crippen LogP contribution < -0.4 is 11.1 Å². The fraction of sp³-hybridized carbons (Fsp3) is 0.364. The van der Waals surface area contributed by atoms with Gasteiger partial charge in [-0.3, -0.25) is 4.79 Å². The molecule has 82 valence electrons. The van der Waals surface area contributed by atoms with Crippen molar-refractivity contribution in [3.05, 3.63) is 35.4 Å². The SMILES string of the molecule is CC(CO)NCc1cccc(C(N)=O)c1. The number of benzene rings is 1. The van der Waals surface area contributed by atoms with Crippen LogP contribution in [0.5, 0.6) is 0 Å². The Morgan fingerprint density at radius 1 is 1.60 bits per heavy atom. The minimum atomic E-state index is -0.424. The summed E-state index contributed by atoms with van der Waals surface area (Å²) >= 11 is 0. The van der Waals surface area contributed by atoms with Crippen molar-refractivity contribution in [2.75, 3.05) is 6.61 Å². The number of carbonyl (C=O) groups excluding carboxylic acids is 1. The standard InChI is InChI=1S/C11H16N2O2/c1-8(7-14)13-6-9-3-2-4-10(5-9)11(12)15/h2-5,8,13-14H,6-7H2,1H3,(H2,12,15). The highest BCUT2D eigenvalue weighted by atomic mass is 16.3. The molecule has 4 nitrogen and oxygen atoms in total. The molecule has 0 aliphatic carbocycles. The summed E-state index contributed by atoms with van der Waals surface area (Å²) in [6.45, 7) is 2.59. The van der Waals surface area contributed by atoms with Gasteiger partial charge in [0.15, 0.2) is 0 Å². The van der Waals surface area contributed by atoms with Crippen LogP contribution in [0.2, 0.25) is 0 Å². The molecule has 0 radical (unpaired) electrons. The molecule has 15 heavy (non-hydrogen) atoms. The molecule has 4 heteroatoms. The maximum atomic E-state index is 10.9. The first kappa shape index (κ1) is 11.7. The van der Waals surface area contributed by atoms with Crippen LogP contribution in [0.3, 0.4) is 0 Å². The third kappa shape index (κ3) is 3.69. The molecular weight excluding hydrogens is 192 g/mol. The molecule has 0 heterocycles. The van der Waals surface area contributed by atoms with Crippen LogP contribution in [0.1, 0.15) is 22.8 Å². The average Bonchev–Trinajstić information content (AvgIpc) is 2.26. The molecule has 1 aromatic carbocycles. The van der Waals surface area contributed by atoms with Gasteiger partial charge in [0.2, 0.25) is 5.91 Å². The molecule has 0 aliphatic heterocycles. The molecule has 4 N–H and O–H groups in total. The lowest BCUT2D eigenvalue weighted by atomic mass is 10.1. The topological polar surface area (TPSA) is 75.3 Å². The molecule has 0 bridgehead atoms. The van der Waals surface area contributed by atoms with E-state index in [0.29, 0.717) is 12.1 Å². The second-order valence-electron chi connectivity index (χ2n) is 3.53. The van der Waals surface area contributed by atoms with Crippen molar-refractivity contribution in [2.45, 2.75) is 19.5 Å². The Kier molecular flexibility index (Phi) is 4.27. The normalized spacial score (nSPS) is 12.4. The summed E-state index contributed by atoms with van der Waals surface area (Å²) < 4.78 is 0. The van der Waals surface area contributed by atoms with Gasteiger partial charge in [-0.05, 0) is 24.6 Å². The van der Waals surface area contributed by atoms with Crippen molar-refractivity contribution in [2.24, 2.45) is 5.73 Å². The van der Waals surface area contributed by atoms with Gasteiger partial charge in [-0.25, -0.2) is 0 Å². The smallest absolute Gasteiger partial charge is 0.248 e. The molecule has 0 saturated carbocycles. The maximum Gasteiger partial charge on any atom is 0.248 e. The third-order valence-corrected chi connectivity index (χ3v) is 2.14. The minimum absolute atomic E-state index is 0.0437. The second kappa shape index (κ2) is 5.48. The monoisotopic (exact) mass is 208 g/mol. The molecule has 1 rings (SSSR count). The van der Waals surface area contributed by atoms with Gasteiger partial charge in [0.1, 0.15) is 0 Å². The zero-order valence-electron chi connectivity index (χ0n) is 8.73. The highest BCUT2D eigenvalue weighted by Crippen LogP contribution is 2.04. The minimum Gasteiger partial charge on any atom is -0.395 e. The summed E-state index contributed by atoms with van der Waals surface area (Å²) in [5.41, 5.74) is 6.65. The highest BCUT2D eigenvalue weighted by Gasteiger charge is 2.02. The zero-order chi connectivity index (χ0) is 11.3. The number of rotatable bonds is 5. The predicted molar refractivity (Wildman–Crippen MR) is 58.3 cm³/mol. The summed E-state index contributed by atoms with van der Waals surface area (Å²) in [6.07, 6.45) is 0. The van der Waals surface area contributed by atoms with E-state index in [0.717, 1.165) is 5.56 Å². The molecular formula is C11H16N2O2. The molecule has 1 aromatic rings. The lowest BCUT2D eigenvalue weighted by Gasteiger charge is -2.10. The summed E-state index contributed by atoms with van der Waals surface area (Å²) in [5, 5.41) is 11.9. The Bertz CT molecular complexity index is 339. The van der Waals surface area contributed by atoms with Crippen LogP contribution in [0.15, 0.2) is 24.3 Å². The van der Waals surface area contributed by atoms with Crippen LogP contribution >= 0.6 is 0 Å². The van der Waals surface area contributed by atoms with Gasteiger partial charge in [0.25, 0.3) is 0 Å². The van der Waals surface area contributed by atoms with Crippen LogP contribution in [0.25, 0.3) is 0 Å². The lowest BCUT2D eigenvalue weighted by Crippen LogP contribution is -2.28. The number of hydrogen-bond donors (Lipinski definition) is 3. The number of carbonyl (C=O) groups is 1. The van der Waals surface area contributed by atoms with Gasteiger partial charge in [0.05, 0.1) is 6.61 Å². The fourth-order valence-corrected chi connectivity index (χ4v) is 1.19. The van der Waals surface area contributed by atoms with E-state index in [2.05, 4.69) is 5.32 Å². The zero-order valence-corrected chi connectivity index (χ0v) is 8.73. The number of hydrogen-bond acceptors (Lipinski definition) is 3. The van der Waals surface area contributed by atoms with Gasteiger partial charge in [-0.2, -0.15) is 0 Å². The summed E-state index contributed by atoms with van der Waals surface area (Å²) in [6, 6.07) is 7.17. The van der Waals surface area contributed by atoms with Crippen molar-refractivity contribution in [3.8, 4) is 0 Å². The van der Waals surface area contributed by atoms with Gasteiger partial charge < -0.3 is 16.2 Å². The number of nitrogens with one attached hydrogen (secondary N) is 1. The van der Waals surface area contributed by atoms with Gasteiger partial charge >= 0.3 is 0 Å². The highest BCUT2D eigenvalue weighted by molar-refractivity contribution is 5.92. The number of aliphatic hydroxyl groups excluding tert-OH is 1.